The summed E-state index contributed by atoms with van der Waals surface area (Å²) in [6.07, 6.45) is 2.17. The lowest BCUT2D eigenvalue weighted by Crippen LogP contribution is -2.28. The Morgan fingerprint density at radius 1 is 1.10 bits per heavy atom. The molecule has 0 aliphatic carbocycles. The molecule has 0 unspecified atom stereocenters. The summed E-state index contributed by atoms with van der Waals surface area (Å²) in [7, 11) is 0. The Balaban J connectivity index is 1.57. The van der Waals surface area contributed by atoms with Crippen LogP contribution < -0.4 is 5.32 Å². The fourth-order valence-corrected chi connectivity index (χ4v) is 3.67. The molecule has 4 aromatic rings. The highest BCUT2D eigenvalue weighted by Gasteiger charge is 2.18. The SMILES string of the molecule is Cc1cccc(-n2nc(-c3ccco3)cc2C(=O)NCCc2ccc(Cl)cc2Cl)c1. The minimum absolute atomic E-state index is 0.230. The summed E-state index contributed by atoms with van der Waals surface area (Å²) >= 11 is 12.2. The molecule has 0 aliphatic heterocycles. The molecule has 0 fully saturated rings. The predicted octanol–water partition coefficient (Wildman–Crippen LogP) is 5.72. The van der Waals surface area contributed by atoms with Crippen molar-refractivity contribution in [2.24, 2.45) is 0 Å². The van der Waals surface area contributed by atoms with E-state index in [1.165, 1.54) is 0 Å². The number of nitrogens with zero attached hydrogens (tertiary/aromatic N) is 2. The fourth-order valence-electron chi connectivity index (χ4n) is 3.17. The second-order valence-corrected chi connectivity index (χ2v) is 7.73. The molecule has 0 bridgehead atoms. The summed E-state index contributed by atoms with van der Waals surface area (Å²) in [4.78, 5) is 13.0. The molecule has 0 saturated heterocycles. The van der Waals surface area contributed by atoms with E-state index in [2.05, 4.69) is 10.4 Å². The van der Waals surface area contributed by atoms with Crippen molar-refractivity contribution in [1.82, 2.24) is 15.1 Å². The molecule has 152 valence electrons. The third kappa shape index (κ3) is 4.42. The molecule has 2 aromatic heterocycles. The van der Waals surface area contributed by atoms with Crippen LogP contribution in [0.25, 0.3) is 17.1 Å². The molecule has 5 nitrogen and oxygen atoms in total. The van der Waals surface area contributed by atoms with Gasteiger partial charge in [0.1, 0.15) is 11.4 Å². The maximum Gasteiger partial charge on any atom is 0.270 e. The summed E-state index contributed by atoms with van der Waals surface area (Å²) in [6, 6.07) is 18.5. The van der Waals surface area contributed by atoms with Gasteiger partial charge in [0.25, 0.3) is 5.91 Å². The first kappa shape index (κ1) is 20.3. The fraction of sp³-hybridized carbons (Fsp3) is 0.130. The first-order valence-electron chi connectivity index (χ1n) is 9.44. The third-order valence-corrected chi connectivity index (χ3v) is 5.24. The number of nitrogens with one attached hydrogen (secondary N) is 1. The second-order valence-electron chi connectivity index (χ2n) is 6.88. The third-order valence-electron chi connectivity index (χ3n) is 4.66. The van der Waals surface area contributed by atoms with E-state index in [9.17, 15) is 4.79 Å². The van der Waals surface area contributed by atoms with E-state index >= 15 is 0 Å². The van der Waals surface area contributed by atoms with Gasteiger partial charge in [0, 0.05) is 22.7 Å². The van der Waals surface area contributed by atoms with Gasteiger partial charge < -0.3 is 9.73 Å². The number of hydrogen-bond donors (Lipinski definition) is 1. The van der Waals surface area contributed by atoms with E-state index in [1.807, 2.05) is 43.3 Å². The van der Waals surface area contributed by atoms with Gasteiger partial charge in [-0.1, -0.05) is 41.4 Å². The van der Waals surface area contributed by atoms with Crippen LogP contribution in [0.4, 0.5) is 0 Å². The van der Waals surface area contributed by atoms with E-state index in [-0.39, 0.29) is 5.91 Å². The Bertz CT molecular complexity index is 1180. The van der Waals surface area contributed by atoms with Gasteiger partial charge in [0.2, 0.25) is 0 Å². The Morgan fingerprint density at radius 2 is 1.97 bits per heavy atom. The predicted molar refractivity (Wildman–Crippen MR) is 119 cm³/mol. The Morgan fingerprint density at radius 3 is 2.70 bits per heavy atom. The van der Waals surface area contributed by atoms with Crippen molar-refractivity contribution in [1.29, 1.82) is 0 Å². The van der Waals surface area contributed by atoms with E-state index < -0.39 is 0 Å². The topological polar surface area (TPSA) is 60.1 Å². The van der Waals surface area contributed by atoms with Crippen molar-refractivity contribution in [3.05, 3.63) is 93.8 Å². The van der Waals surface area contributed by atoms with Gasteiger partial charge in [-0.25, -0.2) is 4.68 Å². The number of furan rings is 1. The van der Waals surface area contributed by atoms with Gasteiger partial charge in [0.05, 0.1) is 12.0 Å². The molecule has 0 radical (unpaired) electrons. The first-order chi connectivity index (χ1) is 14.5. The average Bonchev–Trinajstić information content (AvgIpc) is 3.39. The molecule has 4 rings (SSSR count). The van der Waals surface area contributed by atoms with Crippen molar-refractivity contribution in [2.45, 2.75) is 13.3 Å². The van der Waals surface area contributed by atoms with E-state index in [1.54, 1.807) is 35.2 Å². The summed E-state index contributed by atoms with van der Waals surface area (Å²) < 4.78 is 7.09. The monoisotopic (exact) mass is 439 g/mol. The van der Waals surface area contributed by atoms with Crippen molar-refractivity contribution in [3.63, 3.8) is 0 Å². The average molecular weight is 440 g/mol. The summed E-state index contributed by atoms with van der Waals surface area (Å²) in [5, 5.41) is 8.72. The van der Waals surface area contributed by atoms with Crippen LogP contribution in [0.1, 0.15) is 21.6 Å². The van der Waals surface area contributed by atoms with Crippen LogP contribution in [0, 0.1) is 6.92 Å². The van der Waals surface area contributed by atoms with Crippen LogP contribution >= 0.6 is 23.2 Å². The molecule has 1 amide bonds. The number of carbonyl (C=O) groups excluding carboxylic acids is 1. The Kier molecular flexibility index (Phi) is 5.93. The quantitative estimate of drug-likeness (QED) is 0.417. The van der Waals surface area contributed by atoms with E-state index in [0.29, 0.717) is 40.2 Å². The number of hydrogen-bond acceptors (Lipinski definition) is 3. The summed E-state index contributed by atoms with van der Waals surface area (Å²) in [5.41, 5.74) is 3.82. The lowest BCUT2D eigenvalue weighted by atomic mass is 10.1. The van der Waals surface area contributed by atoms with Crippen LogP contribution in [-0.4, -0.2) is 22.2 Å². The molecule has 2 aromatic carbocycles. The van der Waals surface area contributed by atoms with Crippen LogP contribution in [0.2, 0.25) is 10.0 Å². The highest BCUT2D eigenvalue weighted by molar-refractivity contribution is 6.35. The molecule has 2 heterocycles. The zero-order valence-electron chi connectivity index (χ0n) is 16.2. The maximum atomic E-state index is 13.0. The van der Waals surface area contributed by atoms with Gasteiger partial charge >= 0.3 is 0 Å². The molecule has 0 aliphatic rings. The largest absolute Gasteiger partial charge is 0.463 e. The highest BCUT2D eigenvalue weighted by Crippen LogP contribution is 2.23. The molecule has 30 heavy (non-hydrogen) atoms. The lowest BCUT2D eigenvalue weighted by Gasteiger charge is -2.10. The van der Waals surface area contributed by atoms with Gasteiger partial charge in [-0.15, -0.1) is 0 Å². The molecule has 1 N–H and O–H groups in total. The zero-order valence-corrected chi connectivity index (χ0v) is 17.7. The van der Waals surface area contributed by atoms with Crippen molar-refractivity contribution >= 4 is 29.1 Å². The maximum absolute atomic E-state index is 13.0. The molecule has 0 spiro atoms. The van der Waals surface area contributed by atoms with Crippen LogP contribution in [0.15, 0.2) is 71.3 Å². The molecule has 0 atom stereocenters. The molecular weight excluding hydrogens is 421 g/mol. The van der Waals surface area contributed by atoms with Crippen molar-refractivity contribution in [2.75, 3.05) is 6.54 Å². The number of amides is 1. The minimum Gasteiger partial charge on any atom is -0.463 e. The van der Waals surface area contributed by atoms with Gasteiger partial charge in [0.15, 0.2) is 5.76 Å². The first-order valence-corrected chi connectivity index (χ1v) is 10.2. The van der Waals surface area contributed by atoms with Crippen LogP contribution in [0.3, 0.4) is 0 Å². The van der Waals surface area contributed by atoms with Gasteiger partial charge in [-0.05, 0) is 60.9 Å². The van der Waals surface area contributed by atoms with E-state index in [4.69, 9.17) is 27.6 Å². The summed E-state index contributed by atoms with van der Waals surface area (Å²) in [5.74, 6) is 0.371. The van der Waals surface area contributed by atoms with Gasteiger partial charge in [-0.2, -0.15) is 5.10 Å². The smallest absolute Gasteiger partial charge is 0.270 e. The second kappa shape index (κ2) is 8.78. The van der Waals surface area contributed by atoms with Crippen LogP contribution in [-0.2, 0) is 6.42 Å². The normalized spacial score (nSPS) is 10.9. The van der Waals surface area contributed by atoms with Crippen LogP contribution in [0.5, 0.6) is 0 Å². The highest BCUT2D eigenvalue weighted by atomic mass is 35.5. The standard InChI is InChI=1S/C23H19Cl2N3O2/c1-15-4-2-5-18(12-15)28-21(14-20(27-28)22-6-3-11-30-22)23(29)26-10-9-16-7-8-17(24)13-19(16)25/h2-8,11-14H,9-10H2,1H3,(H,26,29). The molecular formula is C23H19Cl2N3O2. The number of carbonyl (C=O) groups is 1. The number of rotatable bonds is 6. The van der Waals surface area contributed by atoms with Crippen molar-refractivity contribution in [3.8, 4) is 17.1 Å². The van der Waals surface area contributed by atoms with Crippen molar-refractivity contribution < 1.29 is 9.21 Å². The molecule has 7 heteroatoms. The zero-order chi connectivity index (χ0) is 21.1. The Labute approximate surface area is 184 Å². The number of aromatic nitrogens is 2. The number of aryl methyl sites for hydroxylation is 1. The molecule has 0 saturated carbocycles. The Hall–Kier alpha value is -3.02. The number of halogens is 2. The van der Waals surface area contributed by atoms with Gasteiger partial charge in [-0.3, -0.25) is 4.79 Å². The number of benzene rings is 2. The lowest BCUT2D eigenvalue weighted by molar-refractivity contribution is 0.0946. The van der Waals surface area contributed by atoms with E-state index in [0.717, 1.165) is 16.8 Å². The summed E-state index contributed by atoms with van der Waals surface area (Å²) in [6.45, 7) is 2.42. The minimum atomic E-state index is -0.230.